The zero-order valence-electron chi connectivity index (χ0n) is 6.99. The molecule has 0 amide bonds. The van der Waals surface area contributed by atoms with Gasteiger partial charge in [-0.3, -0.25) is 5.84 Å². The summed E-state index contributed by atoms with van der Waals surface area (Å²) in [5, 5.41) is 0. The van der Waals surface area contributed by atoms with Crippen LogP contribution in [0.25, 0.3) is 0 Å². The molecule has 0 atom stereocenters. The van der Waals surface area contributed by atoms with E-state index in [1.165, 1.54) is 0 Å². The summed E-state index contributed by atoms with van der Waals surface area (Å²) in [5.41, 5.74) is 6.32. The summed E-state index contributed by atoms with van der Waals surface area (Å²) in [6, 6.07) is 0. The monoisotopic (exact) mass is 143 g/mol. The van der Waals surface area contributed by atoms with Gasteiger partial charge in [0.05, 0.1) is 0 Å². The molecular weight excluding hydrogens is 126 g/mol. The fourth-order valence-electron chi connectivity index (χ4n) is 0.711. The van der Waals surface area contributed by atoms with Crippen LogP contribution in [0.1, 0.15) is 27.2 Å². The summed E-state index contributed by atoms with van der Waals surface area (Å²) in [6.07, 6.45) is 0.960. The molecule has 0 aromatic rings. The first-order valence-electron chi connectivity index (χ1n) is 3.45. The Morgan fingerprint density at radius 3 is 2.40 bits per heavy atom. The van der Waals surface area contributed by atoms with Gasteiger partial charge in [0.15, 0.2) is 0 Å². The number of nitrogens with two attached hydrogens (primary N) is 1. The van der Waals surface area contributed by atoms with E-state index in [9.17, 15) is 0 Å². The lowest BCUT2D eigenvalue weighted by Crippen LogP contribution is -2.52. The quantitative estimate of drug-likeness (QED) is 0.308. The third-order valence-corrected chi connectivity index (χ3v) is 1.70. The average Bonchev–Trinajstić information content (AvgIpc) is 1.86. The second-order valence-electron chi connectivity index (χ2n) is 2.85. The second-order valence-corrected chi connectivity index (χ2v) is 2.85. The second kappa shape index (κ2) is 3.71. The molecule has 3 heteroatoms. The van der Waals surface area contributed by atoms with E-state index < -0.39 is 0 Å². The van der Waals surface area contributed by atoms with E-state index in [1.807, 2.05) is 13.8 Å². The van der Waals surface area contributed by atoms with Crippen molar-refractivity contribution in [2.24, 2.45) is 5.84 Å². The van der Waals surface area contributed by atoms with Crippen molar-refractivity contribution in [3.63, 3.8) is 0 Å². The van der Waals surface area contributed by atoms with Crippen molar-refractivity contribution in [2.75, 3.05) is 0 Å². The van der Waals surface area contributed by atoms with Crippen molar-refractivity contribution in [3.8, 4) is 0 Å². The number of hydrazine groups is 2. The molecule has 0 aliphatic rings. The number of hydrogen-bond acceptors (Lipinski definition) is 3. The van der Waals surface area contributed by atoms with Crippen molar-refractivity contribution in [1.29, 1.82) is 0 Å². The first-order valence-corrected chi connectivity index (χ1v) is 3.45. The van der Waals surface area contributed by atoms with Crippen LogP contribution < -0.4 is 16.8 Å². The molecular formula is C7H17N3. The Morgan fingerprint density at radius 1 is 1.60 bits per heavy atom. The van der Waals surface area contributed by atoms with Gasteiger partial charge in [0.2, 0.25) is 0 Å². The molecule has 0 fully saturated rings. The lowest BCUT2D eigenvalue weighted by Gasteiger charge is -2.27. The standard InChI is InChI=1S/C7H17N3/c1-5-6(2)7(3,4)9-10-8/h9-10H,2,5,8H2,1,3-4H3. The molecule has 0 bridgehead atoms. The molecule has 0 spiro atoms. The molecule has 0 aromatic heterocycles. The Morgan fingerprint density at radius 2 is 2.10 bits per heavy atom. The Balaban J connectivity index is 3.96. The van der Waals surface area contributed by atoms with Crippen LogP contribution in [0.5, 0.6) is 0 Å². The zero-order chi connectivity index (χ0) is 8.20. The van der Waals surface area contributed by atoms with Gasteiger partial charge in [-0.15, -0.1) is 0 Å². The van der Waals surface area contributed by atoms with Crippen LogP contribution in [0.15, 0.2) is 12.2 Å². The van der Waals surface area contributed by atoms with E-state index in [0.29, 0.717) is 0 Å². The van der Waals surface area contributed by atoms with Crippen molar-refractivity contribution in [1.82, 2.24) is 11.0 Å². The third-order valence-electron chi connectivity index (χ3n) is 1.70. The molecule has 3 nitrogen and oxygen atoms in total. The van der Waals surface area contributed by atoms with Gasteiger partial charge in [-0.05, 0) is 20.3 Å². The first kappa shape index (κ1) is 9.62. The number of hydrogen-bond donors (Lipinski definition) is 3. The van der Waals surface area contributed by atoms with Gasteiger partial charge in [0.25, 0.3) is 0 Å². The van der Waals surface area contributed by atoms with E-state index in [4.69, 9.17) is 5.84 Å². The van der Waals surface area contributed by atoms with Crippen molar-refractivity contribution < 1.29 is 0 Å². The molecule has 60 valence electrons. The van der Waals surface area contributed by atoms with Crippen molar-refractivity contribution in [3.05, 3.63) is 12.2 Å². The maximum Gasteiger partial charge on any atom is 0.0486 e. The summed E-state index contributed by atoms with van der Waals surface area (Å²) in [6.45, 7) is 10.0. The Labute approximate surface area is 62.6 Å². The topological polar surface area (TPSA) is 50.1 Å². The predicted octanol–water partition coefficient (Wildman–Crippen LogP) is 0.699. The van der Waals surface area contributed by atoms with E-state index in [1.54, 1.807) is 0 Å². The summed E-state index contributed by atoms with van der Waals surface area (Å²) in [7, 11) is 0. The minimum atomic E-state index is -0.122. The molecule has 0 radical (unpaired) electrons. The normalized spacial score (nSPS) is 11.6. The van der Waals surface area contributed by atoms with Gasteiger partial charge in [0, 0.05) is 5.54 Å². The molecule has 4 N–H and O–H groups in total. The fourth-order valence-corrected chi connectivity index (χ4v) is 0.711. The lowest BCUT2D eigenvalue weighted by atomic mass is 9.94. The Hall–Kier alpha value is -0.380. The minimum absolute atomic E-state index is 0.122. The van der Waals surface area contributed by atoms with Crippen LogP contribution in [0.2, 0.25) is 0 Å². The molecule has 0 saturated carbocycles. The highest BCUT2D eigenvalue weighted by Gasteiger charge is 2.18. The molecule has 0 unspecified atom stereocenters. The zero-order valence-corrected chi connectivity index (χ0v) is 6.99. The van der Waals surface area contributed by atoms with Gasteiger partial charge in [-0.2, -0.15) is 5.53 Å². The highest BCUT2D eigenvalue weighted by atomic mass is 15.5. The maximum atomic E-state index is 5.10. The third kappa shape index (κ3) is 2.47. The molecule has 0 saturated heterocycles. The first-order chi connectivity index (χ1) is 4.54. The largest absolute Gasteiger partial charge is 0.258 e. The SMILES string of the molecule is C=C(CC)C(C)(C)NNN. The van der Waals surface area contributed by atoms with Gasteiger partial charge < -0.3 is 0 Å². The Bertz CT molecular complexity index is 118. The minimum Gasteiger partial charge on any atom is -0.258 e. The molecule has 0 rings (SSSR count). The highest BCUT2D eigenvalue weighted by Crippen LogP contribution is 2.15. The number of rotatable bonds is 4. The maximum absolute atomic E-state index is 5.10. The van der Waals surface area contributed by atoms with Crippen LogP contribution in [0.3, 0.4) is 0 Å². The van der Waals surface area contributed by atoms with Gasteiger partial charge in [0.1, 0.15) is 0 Å². The van der Waals surface area contributed by atoms with Crippen molar-refractivity contribution >= 4 is 0 Å². The van der Waals surface area contributed by atoms with Gasteiger partial charge in [-0.1, -0.05) is 19.1 Å². The van der Waals surface area contributed by atoms with Crippen LogP contribution in [-0.4, -0.2) is 5.54 Å². The van der Waals surface area contributed by atoms with E-state index in [0.717, 1.165) is 12.0 Å². The van der Waals surface area contributed by atoms with Gasteiger partial charge >= 0.3 is 0 Å². The smallest absolute Gasteiger partial charge is 0.0486 e. The number of nitrogens with one attached hydrogen (secondary N) is 2. The average molecular weight is 143 g/mol. The van der Waals surface area contributed by atoms with E-state index >= 15 is 0 Å². The van der Waals surface area contributed by atoms with Crippen LogP contribution in [0.4, 0.5) is 0 Å². The van der Waals surface area contributed by atoms with Crippen molar-refractivity contribution in [2.45, 2.75) is 32.7 Å². The molecule has 0 aromatic carbocycles. The summed E-state index contributed by atoms with van der Waals surface area (Å²) >= 11 is 0. The molecule has 10 heavy (non-hydrogen) atoms. The molecule has 0 aliphatic carbocycles. The summed E-state index contributed by atoms with van der Waals surface area (Å²) in [4.78, 5) is 0. The lowest BCUT2D eigenvalue weighted by molar-refractivity contribution is 0.378. The molecule has 0 heterocycles. The van der Waals surface area contributed by atoms with E-state index in [-0.39, 0.29) is 5.54 Å². The Kier molecular flexibility index (Phi) is 3.57. The predicted molar refractivity (Wildman–Crippen MR) is 44.0 cm³/mol. The van der Waals surface area contributed by atoms with Crippen LogP contribution in [-0.2, 0) is 0 Å². The highest BCUT2D eigenvalue weighted by molar-refractivity contribution is 5.11. The summed E-state index contributed by atoms with van der Waals surface area (Å²) < 4.78 is 0. The molecule has 0 aliphatic heterocycles. The van der Waals surface area contributed by atoms with Crippen LogP contribution in [0, 0.1) is 0 Å². The summed E-state index contributed by atoms with van der Waals surface area (Å²) in [5.74, 6) is 5.10. The van der Waals surface area contributed by atoms with Gasteiger partial charge in [-0.25, -0.2) is 5.43 Å². The van der Waals surface area contributed by atoms with Crippen LogP contribution >= 0.6 is 0 Å². The fraction of sp³-hybridized carbons (Fsp3) is 0.714. The van der Waals surface area contributed by atoms with E-state index in [2.05, 4.69) is 24.5 Å².